The summed E-state index contributed by atoms with van der Waals surface area (Å²) < 4.78 is 14.9. The Balaban J connectivity index is 2.14. The third-order valence-electron chi connectivity index (χ3n) is 1.90. The van der Waals surface area contributed by atoms with Crippen molar-refractivity contribution in [3.8, 4) is 11.6 Å². The zero-order chi connectivity index (χ0) is 11.4. The smallest absolute Gasteiger partial charge is 0.280 e. The van der Waals surface area contributed by atoms with Crippen LogP contribution < -0.4 is 5.73 Å². The van der Waals surface area contributed by atoms with Gasteiger partial charge < -0.3 is 19.5 Å². The molecule has 0 unspecified atom stereocenters. The van der Waals surface area contributed by atoms with Gasteiger partial charge in [-0.05, 0) is 6.54 Å². The lowest BCUT2D eigenvalue weighted by atomic mass is 10.3. The van der Waals surface area contributed by atoms with Crippen LogP contribution in [0.1, 0.15) is 11.6 Å². The molecular formula is C9H12N4O3. The third-order valence-corrected chi connectivity index (χ3v) is 1.90. The average molecular weight is 224 g/mol. The maximum atomic E-state index is 5.38. The van der Waals surface area contributed by atoms with E-state index >= 15 is 0 Å². The van der Waals surface area contributed by atoms with Gasteiger partial charge in [0.2, 0.25) is 0 Å². The first-order valence-electron chi connectivity index (χ1n) is 4.81. The molecule has 0 spiro atoms. The van der Waals surface area contributed by atoms with E-state index < -0.39 is 0 Å². The van der Waals surface area contributed by atoms with Gasteiger partial charge in [0.1, 0.15) is 6.61 Å². The van der Waals surface area contributed by atoms with Crippen molar-refractivity contribution in [1.82, 2.24) is 15.3 Å². The minimum atomic E-state index is 0.328. The molecule has 7 nitrogen and oxygen atoms in total. The van der Waals surface area contributed by atoms with E-state index in [0.29, 0.717) is 42.7 Å². The van der Waals surface area contributed by atoms with Crippen molar-refractivity contribution in [1.29, 1.82) is 0 Å². The summed E-state index contributed by atoms with van der Waals surface area (Å²) in [5.74, 6) is 1.50. The quantitative estimate of drug-likeness (QED) is 0.783. The lowest BCUT2D eigenvalue weighted by molar-refractivity contribution is 0.156. The van der Waals surface area contributed by atoms with E-state index in [0.717, 1.165) is 0 Å². The van der Waals surface area contributed by atoms with Crippen molar-refractivity contribution >= 4 is 0 Å². The zero-order valence-corrected chi connectivity index (χ0v) is 8.84. The van der Waals surface area contributed by atoms with Crippen molar-refractivity contribution in [2.45, 2.75) is 13.0 Å². The molecule has 0 aromatic carbocycles. The fraction of sp³-hybridized carbons (Fsp3) is 0.444. The van der Waals surface area contributed by atoms with Crippen LogP contribution in [0.5, 0.6) is 0 Å². The Morgan fingerprint density at radius 2 is 2.25 bits per heavy atom. The second kappa shape index (κ2) is 4.86. The molecule has 2 rings (SSSR count). The molecule has 0 aliphatic carbocycles. The maximum Gasteiger partial charge on any atom is 0.280 e. The monoisotopic (exact) mass is 224 g/mol. The summed E-state index contributed by atoms with van der Waals surface area (Å²) in [7, 11) is 1.58. The Bertz CT molecular complexity index is 409. The molecule has 0 aliphatic heterocycles. The van der Waals surface area contributed by atoms with Gasteiger partial charge in [0.05, 0.1) is 0 Å². The van der Waals surface area contributed by atoms with Crippen LogP contribution in [-0.4, -0.2) is 29.0 Å². The highest BCUT2D eigenvalue weighted by Crippen LogP contribution is 2.17. The normalized spacial score (nSPS) is 10.9. The Labute approximate surface area is 91.6 Å². The van der Waals surface area contributed by atoms with Crippen LogP contribution >= 0.6 is 0 Å². The van der Waals surface area contributed by atoms with E-state index in [1.165, 1.54) is 0 Å². The first kappa shape index (κ1) is 10.8. The molecule has 16 heavy (non-hydrogen) atoms. The number of hydrogen-bond acceptors (Lipinski definition) is 7. The second-order valence-electron chi connectivity index (χ2n) is 3.17. The molecular weight excluding hydrogens is 212 g/mol. The number of nitrogens with zero attached hydrogens (tertiary/aromatic N) is 3. The molecule has 0 fully saturated rings. The van der Waals surface area contributed by atoms with Crippen molar-refractivity contribution < 1.29 is 13.8 Å². The molecule has 2 aromatic heterocycles. The number of ether oxygens (including phenoxy) is 1. The molecule has 2 N–H and O–H groups in total. The van der Waals surface area contributed by atoms with Crippen LogP contribution in [0.3, 0.4) is 0 Å². The summed E-state index contributed by atoms with van der Waals surface area (Å²) >= 11 is 0. The van der Waals surface area contributed by atoms with Crippen LogP contribution in [0.15, 0.2) is 15.1 Å². The van der Waals surface area contributed by atoms with Gasteiger partial charge in [-0.1, -0.05) is 10.3 Å². The number of rotatable bonds is 5. The van der Waals surface area contributed by atoms with E-state index in [4.69, 9.17) is 19.5 Å². The van der Waals surface area contributed by atoms with Crippen LogP contribution in [0.4, 0.5) is 0 Å². The van der Waals surface area contributed by atoms with Gasteiger partial charge in [-0.25, -0.2) is 0 Å². The predicted molar refractivity (Wildman–Crippen MR) is 53.3 cm³/mol. The average Bonchev–Trinajstić information content (AvgIpc) is 2.87. The summed E-state index contributed by atoms with van der Waals surface area (Å²) in [6.07, 6.45) is 0.576. The SMILES string of the molecule is COCc1cc(-c2nc(CCN)no2)no1. The largest absolute Gasteiger partial charge is 0.377 e. The Kier molecular flexibility index (Phi) is 3.28. The molecule has 0 aliphatic rings. The molecule has 0 amide bonds. The highest BCUT2D eigenvalue weighted by Gasteiger charge is 2.13. The van der Waals surface area contributed by atoms with E-state index in [1.807, 2.05) is 0 Å². The highest BCUT2D eigenvalue weighted by atomic mass is 16.5. The number of methoxy groups -OCH3 is 1. The van der Waals surface area contributed by atoms with Crippen LogP contribution in [0, 0.1) is 0 Å². The highest BCUT2D eigenvalue weighted by molar-refractivity contribution is 5.45. The summed E-state index contributed by atoms with van der Waals surface area (Å²) in [5.41, 5.74) is 5.88. The van der Waals surface area contributed by atoms with Crippen LogP contribution in [-0.2, 0) is 17.8 Å². The van der Waals surface area contributed by atoms with Gasteiger partial charge in [-0.15, -0.1) is 0 Å². The molecule has 86 valence electrons. The van der Waals surface area contributed by atoms with Crippen LogP contribution in [0.2, 0.25) is 0 Å². The lowest BCUT2D eigenvalue weighted by Crippen LogP contribution is -2.03. The zero-order valence-electron chi connectivity index (χ0n) is 8.84. The fourth-order valence-corrected chi connectivity index (χ4v) is 1.21. The number of nitrogens with two attached hydrogens (primary N) is 1. The summed E-state index contributed by atoms with van der Waals surface area (Å²) in [6.45, 7) is 0.837. The fourth-order valence-electron chi connectivity index (χ4n) is 1.21. The van der Waals surface area contributed by atoms with E-state index in [1.54, 1.807) is 13.2 Å². The third kappa shape index (κ3) is 2.26. The standard InChI is InChI=1S/C9H12N4O3/c1-14-5-6-4-7(12-15-6)9-11-8(2-3-10)13-16-9/h4H,2-3,5,10H2,1H3. The van der Waals surface area contributed by atoms with E-state index in [-0.39, 0.29) is 0 Å². The van der Waals surface area contributed by atoms with Crippen molar-refractivity contribution in [3.05, 3.63) is 17.7 Å². The van der Waals surface area contributed by atoms with Crippen molar-refractivity contribution in [2.75, 3.05) is 13.7 Å². The van der Waals surface area contributed by atoms with Gasteiger partial charge in [0.25, 0.3) is 5.89 Å². The van der Waals surface area contributed by atoms with Gasteiger partial charge in [-0.3, -0.25) is 0 Å². The molecule has 0 atom stereocenters. The van der Waals surface area contributed by atoms with E-state index in [2.05, 4.69) is 15.3 Å². The molecule has 0 saturated carbocycles. The second-order valence-corrected chi connectivity index (χ2v) is 3.17. The number of aromatic nitrogens is 3. The molecule has 2 aromatic rings. The van der Waals surface area contributed by atoms with Crippen LogP contribution in [0.25, 0.3) is 11.6 Å². The van der Waals surface area contributed by atoms with Gasteiger partial charge in [0, 0.05) is 19.6 Å². The number of hydrogen-bond donors (Lipinski definition) is 1. The van der Waals surface area contributed by atoms with Gasteiger partial charge >= 0.3 is 0 Å². The molecule has 2 heterocycles. The molecule has 0 radical (unpaired) electrons. The molecule has 0 saturated heterocycles. The summed E-state index contributed by atoms with van der Waals surface area (Å²) in [6, 6.07) is 1.70. The van der Waals surface area contributed by atoms with Gasteiger partial charge in [-0.2, -0.15) is 4.98 Å². The molecule has 0 bridgehead atoms. The summed E-state index contributed by atoms with van der Waals surface area (Å²) in [5, 5.41) is 7.55. The predicted octanol–water partition coefficient (Wildman–Crippen LogP) is 0.372. The minimum Gasteiger partial charge on any atom is -0.377 e. The summed E-state index contributed by atoms with van der Waals surface area (Å²) in [4.78, 5) is 4.12. The molecule has 7 heteroatoms. The Morgan fingerprint density at radius 1 is 1.38 bits per heavy atom. The van der Waals surface area contributed by atoms with Gasteiger partial charge in [0.15, 0.2) is 17.3 Å². The lowest BCUT2D eigenvalue weighted by Gasteiger charge is -1.87. The first-order valence-corrected chi connectivity index (χ1v) is 4.81. The Hall–Kier alpha value is -1.73. The maximum absolute atomic E-state index is 5.38. The first-order chi connectivity index (χ1) is 7.83. The Morgan fingerprint density at radius 3 is 3.00 bits per heavy atom. The van der Waals surface area contributed by atoms with Crippen molar-refractivity contribution in [3.63, 3.8) is 0 Å². The van der Waals surface area contributed by atoms with Crippen molar-refractivity contribution in [2.24, 2.45) is 5.73 Å². The topological polar surface area (TPSA) is 100 Å². The van der Waals surface area contributed by atoms with E-state index in [9.17, 15) is 0 Å². The minimum absolute atomic E-state index is 0.328.